The van der Waals surface area contributed by atoms with Gasteiger partial charge in [-0.15, -0.1) is 5.10 Å². The molecular formula is C25H21FN2. The number of fused-ring (bicyclic) bond motifs is 3. The van der Waals surface area contributed by atoms with Crippen LogP contribution in [0.3, 0.4) is 0 Å². The number of aromatic nitrogens is 2. The topological polar surface area (TPSA) is 28.7 Å². The zero-order valence-electron chi connectivity index (χ0n) is 15.8. The zero-order chi connectivity index (χ0) is 19.1. The van der Waals surface area contributed by atoms with Crippen LogP contribution >= 0.6 is 0 Å². The largest absolute Gasteiger partial charge is 0.275 e. The Bertz CT molecular complexity index is 1180. The number of hydrogen-bond acceptors (Lipinski definition) is 1. The van der Waals surface area contributed by atoms with E-state index in [1.165, 1.54) is 27.8 Å². The lowest BCUT2D eigenvalue weighted by atomic mass is 9.87. The van der Waals surface area contributed by atoms with Crippen LogP contribution in [0.5, 0.6) is 0 Å². The van der Waals surface area contributed by atoms with E-state index in [1.807, 2.05) is 12.1 Å². The number of benzene rings is 3. The Labute approximate surface area is 163 Å². The molecule has 1 N–H and O–H groups in total. The highest BCUT2D eigenvalue weighted by Crippen LogP contribution is 2.42. The predicted octanol–water partition coefficient (Wildman–Crippen LogP) is 6.31. The Balaban J connectivity index is 1.86. The molecule has 0 saturated carbocycles. The van der Waals surface area contributed by atoms with Gasteiger partial charge in [-0.05, 0) is 65.7 Å². The highest BCUT2D eigenvalue weighted by Gasteiger charge is 2.23. The van der Waals surface area contributed by atoms with Gasteiger partial charge < -0.3 is 0 Å². The van der Waals surface area contributed by atoms with Gasteiger partial charge in [-0.25, -0.2) is 0 Å². The lowest BCUT2D eigenvalue weighted by molar-refractivity contribution is 0.587. The quantitative estimate of drug-likeness (QED) is 0.441. The highest BCUT2D eigenvalue weighted by molar-refractivity contribution is 6.02. The van der Waals surface area contributed by atoms with Crippen molar-refractivity contribution in [2.45, 2.75) is 26.2 Å². The first kappa shape index (κ1) is 16.9. The minimum Gasteiger partial charge on any atom is -0.275 e. The van der Waals surface area contributed by atoms with Gasteiger partial charge in [0.25, 0.3) is 0 Å². The first-order valence-electron chi connectivity index (χ1n) is 9.74. The molecular weight excluding hydrogens is 347 g/mol. The van der Waals surface area contributed by atoms with Gasteiger partial charge in [0.05, 0.1) is 10.9 Å². The molecule has 0 bridgehead atoms. The highest BCUT2D eigenvalue weighted by atomic mass is 19.1. The predicted molar refractivity (Wildman–Crippen MR) is 113 cm³/mol. The Kier molecular flexibility index (Phi) is 4.09. The van der Waals surface area contributed by atoms with Crippen LogP contribution in [0.1, 0.15) is 40.7 Å². The minimum atomic E-state index is -0.404. The van der Waals surface area contributed by atoms with Crippen LogP contribution in [0.2, 0.25) is 0 Å². The van der Waals surface area contributed by atoms with Crippen molar-refractivity contribution in [3.8, 4) is 0 Å². The van der Waals surface area contributed by atoms with Crippen LogP contribution in [0, 0.1) is 12.9 Å². The first-order valence-corrected chi connectivity index (χ1v) is 9.74. The first-order chi connectivity index (χ1) is 13.7. The number of H-pyrrole nitrogens is 1. The van der Waals surface area contributed by atoms with E-state index in [0.29, 0.717) is 5.39 Å². The van der Waals surface area contributed by atoms with Crippen molar-refractivity contribution in [2.24, 2.45) is 0 Å². The summed E-state index contributed by atoms with van der Waals surface area (Å²) in [5.41, 5.74) is 9.12. The summed E-state index contributed by atoms with van der Waals surface area (Å²) in [6, 6.07) is 23.3. The molecule has 3 aromatic carbocycles. The SMILES string of the molecule is Cc1ccc(C2=C(c3ccccc3)CCCc3c2ccc2[nH]nc(F)c32)cc1. The molecule has 4 aromatic rings. The van der Waals surface area contributed by atoms with Gasteiger partial charge in [-0.2, -0.15) is 4.39 Å². The van der Waals surface area contributed by atoms with E-state index in [-0.39, 0.29) is 0 Å². The lowest BCUT2D eigenvalue weighted by Gasteiger charge is -2.17. The van der Waals surface area contributed by atoms with E-state index >= 15 is 0 Å². The Morgan fingerprint density at radius 3 is 2.43 bits per heavy atom. The van der Waals surface area contributed by atoms with Crippen LogP contribution < -0.4 is 0 Å². The summed E-state index contributed by atoms with van der Waals surface area (Å²) in [6.45, 7) is 2.10. The maximum atomic E-state index is 14.5. The molecule has 1 heterocycles. The maximum Gasteiger partial charge on any atom is 0.240 e. The second kappa shape index (κ2) is 6.75. The van der Waals surface area contributed by atoms with E-state index in [4.69, 9.17) is 0 Å². The molecule has 0 aliphatic heterocycles. The summed E-state index contributed by atoms with van der Waals surface area (Å²) in [5, 5.41) is 7.27. The lowest BCUT2D eigenvalue weighted by Crippen LogP contribution is -1.97. The fourth-order valence-corrected chi connectivity index (χ4v) is 4.34. The molecule has 0 spiro atoms. The summed E-state index contributed by atoms with van der Waals surface area (Å²) < 4.78 is 14.5. The Morgan fingerprint density at radius 1 is 0.857 bits per heavy atom. The number of halogens is 1. The van der Waals surface area contributed by atoms with Crippen LogP contribution in [-0.2, 0) is 6.42 Å². The Morgan fingerprint density at radius 2 is 1.64 bits per heavy atom. The second-order valence-electron chi connectivity index (χ2n) is 7.47. The molecule has 0 radical (unpaired) electrons. The van der Waals surface area contributed by atoms with Crippen molar-refractivity contribution in [3.63, 3.8) is 0 Å². The number of aryl methyl sites for hydroxylation is 2. The molecule has 28 heavy (non-hydrogen) atoms. The van der Waals surface area contributed by atoms with Crippen LogP contribution in [0.15, 0.2) is 66.7 Å². The minimum absolute atomic E-state index is 0.404. The van der Waals surface area contributed by atoms with E-state index in [1.54, 1.807) is 0 Å². The fraction of sp³-hybridized carbons (Fsp3) is 0.160. The van der Waals surface area contributed by atoms with E-state index in [0.717, 1.165) is 35.9 Å². The molecule has 0 saturated heterocycles. The standard InChI is InChI=1S/C25H21FN2/c1-16-10-12-18(13-11-16)23-19(17-6-3-2-4-7-17)8-5-9-20-21(23)14-15-22-24(20)25(26)28-27-22/h2-4,6-7,10-15H,5,8-9H2,1H3,(H,27,28). The van der Waals surface area contributed by atoms with Crippen molar-refractivity contribution in [3.05, 3.63) is 100 Å². The third-order valence-corrected chi connectivity index (χ3v) is 5.68. The van der Waals surface area contributed by atoms with Gasteiger partial charge in [-0.1, -0.05) is 66.2 Å². The zero-order valence-corrected chi connectivity index (χ0v) is 15.8. The molecule has 0 amide bonds. The average molecular weight is 368 g/mol. The van der Waals surface area contributed by atoms with Gasteiger partial charge in [0.15, 0.2) is 0 Å². The van der Waals surface area contributed by atoms with Crippen LogP contribution in [0.4, 0.5) is 4.39 Å². The fourth-order valence-electron chi connectivity index (χ4n) is 4.34. The van der Waals surface area contributed by atoms with Crippen LogP contribution in [-0.4, -0.2) is 10.2 Å². The number of rotatable bonds is 2. The number of nitrogens with zero attached hydrogens (tertiary/aromatic N) is 1. The Hall–Kier alpha value is -3.20. The van der Waals surface area contributed by atoms with Crippen molar-refractivity contribution in [1.82, 2.24) is 10.2 Å². The normalized spacial score (nSPS) is 14.2. The number of hydrogen-bond donors (Lipinski definition) is 1. The molecule has 0 fully saturated rings. The molecule has 5 rings (SSSR count). The molecule has 1 aliphatic carbocycles. The van der Waals surface area contributed by atoms with Crippen molar-refractivity contribution in [2.75, 3.05) is 0 Å². The smallest absolute Gasteiger partial charge is 0.240 e. The molecule has 3 heteroatoms. The number of aromatic amines is 1. The van der Waals surface area contributed by atoms with Gasteiger partial charge >= 0.3 is 0 Å². The van der Waals surface area contributed by atoms with E-state index < -0.39 is 5.95 Å². The monoisotopic (exact) mass is 368 g/mol. The van der Waals surface area contributed by atoms with Gasteiger partial charge in [0, 0.05) is 0 Å². The molecule has 0 unspecified atom stereocenters. The van der Waals surface area contributed by atoms with Crippen LogP contribution in [0.25, 0.3) is 22.0 Å². The van der Waals surface area contributed by atoms with Crippen molar-refractivity contribution in [1.29, 1.82) is 0 Å². The molecule has 1 aromatic heterocycles. The average Bonchev–Trinajstić information content (AvgIpc) is 3.00. The summed E-state index contributed by atoms with van der Waals surface area (Å²) in [5.74, 6) is -0.404. The van der Waals surface area contributed by atoms with Gasteiger partial charge in [0.2, 0.25) is 5.95 Å². The molecule has 1 aliphatic rings. The molecule has 138 valence electrons. The van der Waals surface area contributed by atoms with Gasteiger partial charge in [0.1, 0.15) is 0 Å². The van der Waals surface area contributed by atoms with E-state index in [2.05, 4.69) is 71.7 Å². The summed E-state index contributed by atoms with van der Waals surface area (Å²) in [6.07, 6.45) is 2.79. The number of nitrogens with one attached hydrogen (secondary N) is 1. The van der Waals surface area contributed by atoms with Gasteiger partial charge in [-0.3, -0.25) is 5.10 Å². The summed E-state index contributed by atoms with van der Waals surface area (Å²) in [4.78, 5) is 0. The summed E-state index contributed by atoms with van der Waals surface area (Å²) >= 11 is 0. The third-order valence-electron chi connectivity index (χ3n) is 5.68. The third kappa shape index (κ3) is 2.75. The second-order valence-corrected chi connectivity index (χ2v) is 7.47. The summed E-state index contributed by atoms with van der Waals surface area (Å²) in [7, 11) is 0. The maximum absolute atomic E-state index is 14.5. The van der Waals surface area contributed by atoms with Crippen molar-refractivity contribution >= 4 is 22.0 Å². The molecule has 0 atom stereocenters. The van der Waals surface area contributed by atoms with Crippen molar-refractivity contribution < 1.29 is 4.39 Å². The molecule has 2 nitrogen and oxygen atoms in total. The van der Waals surface area contributed by atoms with E-state index in [9.17, 15) is 4.39 Å². The number of allylic oxidation sites excluding steroid dienone is 1.